The fourth-order valence-corrected chi connectivity index (χ4v) is 3.13. The molecular formula is C17H23ClN4O2. The van der Waals surface area contributed by atoms with E-state index in [9.17, 15) is 4.79 Å². The lowest BCUT2D eigenvalue weighted by atomic mass is 10.2. The minimum atomic E-state index is 0.0770. The number of nitrogens with zero attached hydrogens (tertiary/aromatic N) is 2. The highest BCUT2D eigenvalue weighted by Gasteiger charge is 2.19. The van der Waals surface area contributed by atoms with Gasteiger partial charge in [-0.25, -0.2) is 4.98 Å². The number of aromatic amines is 1. The molecule has 0 unspecified atom stereocenters. The van der Waals surface area contributed by atoms with Crippen molar-refractivity contribution in [3.05, 3.63) is 29.0 Å². The topological polar surface area (TPSA) is 70.2 Å². The molecule has 2 aromatic rings. The Morgan fingerprint density at radius 3 is 3.04 bits per heavy atom. The maximum Gasteiger partial charge on any atom is 0.221 e. The summed E-state index contributed by atoms with van der Waals surface area (Å²) in [5.41, 5.74) is 1.81. The predicted molar refractivity (Wildman–Crippen MR) is 94.3 cm³/mol. The number of aromatic nitrogens is 2. The molecule has 1 aromatic carbocycles. The normalized spacial score (nSPS) is 17.1. The van der Waals surface area contributed by atoms with Crippen LogP contribution in [0.15, 0.2) is 18.2 Å². The molecule has 1 saturated heterocycles. The molecule has 24 heavy (non-hydrogen) atoms. The third-order valence-corrected chi connectivity index (χ3v) is 4.56. The third kappa shape index (κ3) is 4.47. The maximum absolute atomic E-state index is 12.1. The zero-order valence-electron chi connectivity index (χ0n) is 13.8. The molecule has 130 valence electrons. The summed E-state index contributed by atoms with van der Waals surface area (Å²) in [7, 11) is 0. The largest absolute Gasteiger partial charge is 0.379 e. The average molecular weight is 351 g/mol. The Morgan fingerprint density at radius 2 is 2.25 bits per heavy atom. The summed E-state index contributed by atoms with van der Waals surface area (Å²) in [6.07, 6.45) is 1.18. The second kappa shape index (κ2) is 7.96. The molecule has 0 aliphatic carbocycles. The summed E-state index contributed by atoms with van der Waals surface area (Å²) in [4.78, 5) is 22.1. The van der Waals surface area contributed by atoms with E-state index in [2.05, 4.69) is 27.1 Å². The van der Waals surface area contributed by atoms with Gasteiger partial charge in [0.25, 0.3) is 0 Å². The van der Waals surface area contributed by atoms with E-state index in [0.717, 1.165) is 43.2 Å². The highest BCUT2D eigenvalue weighted by molar-refractivity contribution is 6.31. The Kier molecular flexibility index (Phi) is 5.71. The number of H-pyrrole nitrogens is 1. The van der Waals surface area contributed by atoms with E-state index in [1.807, 2.05) is 18.2 Å². The number of carbonyl (C=O) groups is 1. The van der Waals surface area contributed by atoms with Gasteiger partial charge in [-0.1, -0.05) is 11.6 Å². The summed E-state index contributed by atoms with van der Waals surface area (Å²) in [6.45, 7) is 5.96. The van der Waals surface area contributed by atoms with E-state index in [1.165, 1.54) is 0 Å². The van der Waals surface area contributed by atoms with Gasteiger partial charge in [-0.2, -0.15) is 0 Å². The Labute approximate surface area is 146 Å². The fourth-order valence-electron chi connectivity index (χ4n) is 2.96. The molecule has 1 aliphatic rings. The summed E-state index contributed by atoms with van der Waals surface area (Å²) in [5, 5.41) is 3.66. The molecule has 0 radical (unpaired) electrons. The number of hydrogen-bond donors (Lipinski definition) is 2. The number of carbonyl (C=O) groups excluding carboxylic acids is 1. The number of benzene rings is 1. The van der Waals surface area contributed by atoms with Crippen LogP contribution in [-0.2, 0) is 16.0 Å². The standard InChI is InChI=1S/C17H23ClN4O2/c1-12(22-6-8-24-9-7-22)10-17(23)19-5-4-16-20-14-3-2-13(18)11-15(14)21-16/h2-3,11-12H,4-10H2,1H3,(H,19,23)(H,20,21)/t12-/m1/s1. The van der Waals surface area contributed by atoms with Crippen LogP contribution in [0.4, 0.5) is 0 Å². The van der Waals surface area contributed by atoms with Gasteiger partial charge in [-0.15, -0.1) is 0 Å². The van der Waals surface area contributed by atoms with Crippen molar-refractivity contribution in [1.29, 1.82) is 0 Å². The highest BCUT2D eigenvalue weighted by atomic mass is 35.5. The number of imidazole rings is 1. The first-order valence-electron chi connectivity index (χ1n) is 8.34. The Morgan fingerprint density at radius 1 is 1.46 bits per heavy atom. The molecule has 0 saturated carbocycles. The summed E-state index contributed by atoms with van der Waals surface area (Å²) < 4.78 is 5.34. The van der Waals surface area contributed by atoms with Crippen LogP contribution < -0.4 is 5.32 Å². The van der Waals surface area contributed by atoms with Crippen molar-refractivity contribution < 1.29 is 9.53 Å². The number of fused-ring (bicyclic) bond motifs is 1. The number of hydrogen-bond acceptors (Lipinski definition) is 4. The second-order valence-corrected chi connectivity index (χ2v) is 6.58. The molecule has 7 heteroatoms. The van der Waals surface area contributed by atoms with E-state index < -0.39 is 0 Å². The second-order valence-electron chi connectivity index (χ2n) is 6.15. The van der Waals surface area contributed by atoms with Crippen molar-refractivity contribution in [3.8, 4) is 0 Å². The quantitative estimate of drug-likeness (QED) is 0.835. The van der Waals surface area contributed by atoms with Gasteiger partial charge in [0, 0.05) is 43.5 Å². The zero-order chi connectivity index (χ0) is 16.9. The maximum atomic E-state index is 12.1. The van der Waals surface area contributed by atoms with Gasteiger partial charge in [0.15, 0.2) is 0 Å². The van der Waals surface area contributed by atoms with Gasteiger partial charge in [0.05, 0.1) is 24.2 Å². The molecule has 1 aliphatic heterocycles. The van der Waals surface area contributed by atoms with Gasteiger partial charge in [0.1, 0.15) is 5.82 Å². The highest BCUT2D eigenvalue weighted by Crippen LogP contribution is 2.17. The van der Waals surface area contributed by atoms with Crippen LogP contribution in [0.25, 0.3) is 11.0 Å². The first-order valence-corrected chi connectivity index (χ1v) is 8.72. The number of morpholine rings is 1. The lowest BCUT2D eigenvalue weighted by Crippen LogP contribution is -2.44. The number of ether oxygens (including phenoxy) is 1. The van der Waals surface area contributed by atoms with Crippen LogP contribution >= 0.6 is 11.6 Å². The lowest BCUT2D eigenvalue weighted by molar-refractivity contribution is -0.122. The van der Waals surface area contributed by atoms with E-state index in [0.29, 0.717) is 24.4 Å². The van der Waals surface area contributed by atoms with Crippen LogP contribution in [-0.4, -0.2) is 59.7 Å². The van der Waals surface area contributed by atoms with Crippen molar-refractivity contribution >= 4 is 28.5 Å². The third-order valence-electron chi connectivity index (χ3n) is 4.33. The van der Waals surface area contributed by atoms with Crippen molar-refractivity contribution in [2.24, 2.45) is 0 Å². The molecule has 3 rings (SSSR count). The fraction of sp³-hybridized carbons (Fsp3) is 0.529. The molecule has 1 aromatic heterocycles. The van der Waals surface area contributed by atoms with Crippen molar-refractivity contribution in [1.82, 2.24) is 20.2 Å². The summed E-state index contributed by atoms with van der Waals surface area (Å²) >= 11 is 5.97. The Hall–Kier alpha value is -1.63. The van der Waals surface area contributed by atoms with Crippen LogP contribution in [0, 0.1) is 0 Å². The minimum absolute atomic E-state index is 0.0770. The van der Waals surface area contributed by atoms with E-state index >= 15 is 0 Å². The molecule has 2 heterocycles. The van der Waals surface area contributed by atoms with Gasteiger partial charge in [0.2, 0.25) is 5.91 Å². The van der Waals surface area contributed by atoms with Crippen LogP contribution in [0.1, 0.15) is 19.2 Å². The first-order chi connectivity index (χ1) is 11.6. The van der Waals surface area contributed by atoms with E-state index in [4.69, 9.17) is 16.3 Å². The summed E-state index contributed by atoms with van der Waals surface area (Å²) in [6, 6.07) is 5.81. The molecule has 1 atom stereocenters. The Bertz CT molecular complexity index is 697. The molecular weight excluding hydrogens is 328 g/mol. The SMILES string of the molecule is C[C@H](CC(=O)NCCc1nc2ccc(Cl)cc2[nH]1)N1CCOCC1. The van der Waals surface area contributed by atoms with Gasteiger partial charge >= 0.3 is 0 Å². The molecule has 1 amide bonds. The molecule has 6 nitrogen and oxygen atoms in total. The predicted octanol–water partition coefficient (Wildman–Crippen LogP) is 1.99. The van der Waals surface area contributed by atoms with Crippen molar-refractivity contribution in [2.45, 2.75) is 25.8 Å². The average Bonchev–Trinajstić information content (AvgIpc) is 2.97. The number of amides is 1. The van der Waals surface area contributed by atoms with Gasteiger partial charge in [-0.3, -0.25) is 9.69 Å². The van der Waals surface area contributed by atoms with E-state index in [1.54, 1.807) is 0 Å². The number of rotatable bonds is 6. The first kappa shape index (κ1) is 17.2. The van der Waals surface area contributed by atoms with Crippen molar-refractivity contribution in [2.75, 3.05) is 32.8 Å². The zero-order valence-corrected chi connectivity index (χ0v) is 14.6. The lowest BCUT2D eigenvalue weighted by Gasteiger charge is -2.31. The molecule has 1 fully saturated rings. The summed E-state index contributed by atoms with van der Waals surface area (Å²) in [5.74, 6) is 0.932. The minimum Gasteiger partial charge on any atom is -0.379 e. The van der Waals surface area contributed by atoms with Gasteiger partial charge in [-0.05, 0) is 25.1 Å². The van der Waals surface area contributed by atoms with Crippen LogP contribution in [0.5, 0.6) is 0 Å². The Balaban J connectivity index is 1.43. The smallest absolute Gasteiger partial charge is 0.221 e. The van der Waals surface area contributed by atoms with Crippen molar-refractivity contribution in [3.63, 3.8) is 0 Å². The van der Waals surface area contributed by atoms with E-state index in [-0.39, 0.29) is 11.9 Å². The molecule has 0 bridgehead atoms. The number of nitrogens with one attached hydrogen (secondary N) is 2. The molecule has 0 spiro atoms. The van der Waals surface area contributed by atoms with Crippen LogP contribution in [0.2, 0.25) is 5.02 Å². The molecule has 2 N–H and O–H groups in total. The van der Waals surface area contributed by atoms with Crippen LogP contribution in [0.3, 0.4) is 0 Å². The number of halogens is 1. The monoisotopic (exact) mass is 350 g/mol. The van der Waals surface area contributed by atoms with Gasteiger partial charge < -0.3 is 15.0 Å².